The molecule has 2 aromatic rings. The largest absolute Gasteiger partial charge is 0.416 e. The summed E-state index contributed by atoms with van der Waals surface area (Å²) in [6.45, 7) is -1.12. The quantitative estimate of drug-likeness (QED) is 0.620. The van der Waals surface area contributed by atoms with Gasteiger partial charge in [0.1, 0.15) is 16.9 Å². The Bertz CT molecular complexity index is 695. The van der Waals surface area contributed by atoms with Gasteiger partial charge < -0.3 is 4.74 Å². The molecule has 0 spiro atoms. The molecule has 3 rings (SSSR count). The fourth-order valence-corrected chi connectivity index (χ4v) is 2.65. The number of alkyl halides is 2. The number of aromatic nitrogens is 4. The molecule has 2 heterocycles. The average molecular weight is 324 g/mol. The molecule has 116 valence electrons. The number of hydrogen-bond acceptors (Lipinski definition) is 6. The highest BCUT2D eigenvalue weighted by atomic mass is 32.2. The number of ether oxygens (including phenoxy) is 1. The van der Waals surface area contributed by atoms with Crippen molar-refractivity contribution in [3.8, 4) is 17.3 Å². The monoisotopic (exact) mass is 324 g/mol. The molecule has 0 saturated heterocycles. The lowest BCUT2D eigenvalue weighted by Gasteiger charge is -2.13. The van der Waals surface area contributed by atoms with Gasteiger partial charge in [0.15, 0.2) is 5.82 Å². The third-order valence-electron chi connectivity index (χ3n) is 3.27. The van der Waals surface area contributed by atoms with E-state index in [4.69, 9.17) is 0 Å². The van der Waals surface area contributed by atoms with Crippen molar-refractivity contribution >= 4 is 11.8 Å². The summed E-state index contributed by atoms with van der Waals surface area (Å²) in [5.41, 5.74) is 1.82. The predicted molar refractivity (Wildman–Crippen MR) is 78.2 cm³/mol. The van der Waals surface area contributed by atoms with Gasteiger partial charge in [0.2, 0.25) is 5.88 Å². The number of halogens is 2. The second kappa shape index (κ2) is 6.12. The predicted octanol–water partition coefficient (Wildman–Crippen LogP) is 3.44. The van der Waals surface area contributed by atoms with E-state index in [1.54, 1.807) is 0 Å². The standard InChI is InChI=1S/C14H14F2N4OS/c1-7-5-9(22-2)20-12(19-7)10-11(8-3-4-8)17-6-18-13(10)21-14(15)16/h5-6,8,14H,3-4H2,1-2H3. The third-order valence-corrected chi connectivity index (χ3v) is 3.90. The second-order valence-corrected chi connectivity index (χ2v) is 5.79. The molecule has 0 amide bonds. The zero-order valence-corrected chi connectivity index (χ0v) is 12.9. The number of thioether (sulfide) groups is 1. The molecule has 1 aliphatic carbocycles. The van der Waals surface area contributed by atoms with Crippen LogP contribution >= 0.6 is 11.8 Å². The maximum absolute atomic E-state index is 12.7. The van der Waals surface area contributed by atoms with Crippen LogP contribution in [0, 0.1) is 6.92 Å². The minimum Gasteiger partial charge on any atom is -0.416 e. The maximum Gasteiger partial charge on any atom is 0.388 e. The minimum atomic E-state index is -2.95. The summed E-state index contributed by atoms with van der Waals surface area (Å²) in [7, 11) is 0. The molecule has 0 atom stereocenters. The number of hydrogen-bond donors (Lipinski definition) is 0. The Balaban J connectivity index is 2.16. The zero-order valence-electron chi connectivity index (χ0n) is 12.1. The normalized spacial score (nSPS) is 14.4. The van der Waals surface area contributed by atoms with Gasteiger partial charge in [-0.3, -0.25) is 0 Å². The molecule has 0 unspecified atom stereocenters. The summed E-state index contributed by atoms with van der Waals surface area (Å²) in [6.07, 6.45) is 5.09. The van der Waals surface area contributed by atoms with Gasteiger partial charge in [0, 0.05) is 11.6 Å². The molecule has 0 bridgehead atoms. The molecule has 5 nitrogen and oxygen atoms in total. The van der Waals surface area contributed by atoms with E-state index in [0.717, 1.165) is 23.6 Å². The van der Waals surface area contributed by atoms with Crippen LogP contribution < -0.4 is 4.74 Å². The molecular formula is C14H14F2N4OS. The van der Waals surface area contributed by atoms with Crippen molar-refractivity contribution in [2.75, 3.05) is 6.26 Å². The van der Waals surface area contributed by atoms with Crippen molar-refractivity contribution in [3.05, 3.63) is 23.8 Å². The van der Waals surface area contributed by atoms with Crippen LogP contribution in [0.5, 0.6) is 5.88 Å². The molecule has 0 aromatic carbocycles. The van der Waals surface area contributed by atoms with E-state index in [2.05, 4.69) is 24.7 Å². The first-order valence-corrected chi connectivity index (χ1v) is 8.00. The van der Waals surface area contributed by atoms with Crippen molar-refractivity contribution < 1.29 is 13.5 Å². The van der Waals surface area contributed by atoms with Gasteiger partial charge in [0.25, 0.3) is 0 Å². The summed E-state index contributed by atoms with van der Waals surface area (Å²) in [5.74, 6) is 0.409. The summed E-state index contributed by atoms with van der Waals surface area (Å²) in [4.78, 5) is 16.9. The minimum absolute atomic E-state index is 0.162. The van der Waals surface area contributed by atoms with Crippen LogP contribution in [0.1, 0.15) is 30.1 Å². The summed E-state index contributed by atoms with van der Waals surface area (Å²) in [6, 6.07) is 1.84. The Labute approximate surface area is 130 Å². The highest BCUT2D eigenvalue weighted by molar-refractivity contribution is 7.98. The van der Waals surface area contributed by atoms with Crippen LogP contribution in [0.3, 0.4) is 0 Å². The van der Waals surface area contributed by atoms with Crippen LogP contribution in [0.2, 0.25) is 0 Å². The van der Waals surface area contributed by atoms with Gasteiger partial charge in [-0.25, -0.2) is 19.9 Å². The van der Waals surface area contributed by atoms with E-state index < -0.39 is 6.61 Å². The van der Waals surface area contributed by atoms with Crippen LogP contribution in [0.25, 0.3) is 11.4 Å². The molecule has 0 N–H and O–H groups in total. The van der Waals surface area contributed by atoms with Gasteiger partial charge in [0.05, 0.1) is 5.69 Å². The summed E-state index contributed by atoms with van der Waals surface area (Å²) in [5, 5.41) is 0.760. The van der Waals surface area contributed by atoms with Gasteiger partial charge in [-0.15, -0.1) is 11.8 Å². The number of rotatable bonds is 5. The SMILES string of the molecule is CSc1cc(C)nc(-c2c(OC(F)F)ncnc2C2CC2)n1. The molecule has 2 aromatic heterocycles. The van der Waals surface area contributed by atoms with Crippen LogP contribution in [-0.2, 0) is 0 Å². The second-order valence-electron chi connectivity index (χ2n) is 4.97. The van der Waals surface area contributed by atoms with Crippen LogP contribution in [0.15, 0.2) is 17.4 Å². The topological polar surface area (TPSA) is 60.8 Å². The lowest BCUT2D eigenvalue weighted by molar-refractivity contribution is -0.0525. The first-order chi connectivity index (χ1) is 10.6. The molecule has 0 aliphatic heterocycles. The third kappa shape index (κ3) is 3.16. The van der Waals surface area contributed by atoms with E-state index in [0.29, 0.717) is 17.1 Å². The first-order valence-electron chi connectivity index (χ1n) is 6.78. The fourth-order valence-electron chi connectivity index (χ4n) is 2.19. The van der Waals surface area contributed by atoms with E-state index in [1.165, 1.54) is 18.1 Å². The van der Waals surface area contributed by atoms with E-state index >= 15 is 0 Å². The molecule has 22 heavy (non-hydrogen) atoms. The van der Waals surface area contributed by atoms with Gasteiger partial charge >= 0.3 is 6.61 Å². The van der Waals surface area contributed by atoms with Crippen molar-refractivity contribution in [3.63, 3.8) is 0 Å². The lowest BCUT2D eigenvalue weighted by atomic mass is 10.1. The highest BCUT2D eigenvalue weighted by Crippen LogP contribution is 2.45. The van der Waals surface area contributed by atoms with Crippen molar-refractivity contribution in [2.24, 2.45) is 0 Å². The summed E-state index contributed by atoms with van der Waals surface area (Å²) < 4.78 is 29.9. The molecule has 1 aliphatic rings. The Hall–Kier alpha value is -1.83. The molecular weight excluding hydrogens is 310 g/mol. The summed E-state index contributed by atoms with van der Waals surface area (Å²) >= 11 is 1.46. The Morgan fingerprint density at radius 2 is 2.05 bits per heavy atom. The van der Waals surface area contributed by atoms with Crippen molar-refractivity contribution in [1.82, 2.24) is 19.9 Å². The van der Waals surface area contributed by atoms with Crippen LogP contribution in [-0.4, -0.2) is 32.8 Å². The maximum atomic E-state index is 12.7. The smallest absolute Gasteiger partial charge is 0.388 e. The van der Waals surface area contributed by atoms with E-state index in [-0.39, 0.29) is 11.8 Å². The zero-order chi connectivity index (χ0) is 15.7. The molecule has 8 heteroatoms. The van der Waals surface area contributed by atoms with Crippen LogP contribution in [0.4, 0.5) is 8.78 Å². The highest BCUT2D eigenvalue weighted by Gasteiger charge is 2.32. The fraction of sp³-hybridized carbons (Fsp3) is 0.429. The van der Waals surface area contributed by atoms with Crippen molar-refractivity contribution in [1.29, 1.82) is 0 Å². The molecule has 1 saturated carbocycles. The molecule has 0 radical (unpaired) electrons. The Morgan fingerprint density at radius 1 is 1.27 bits per heavy atom. The number of nitrogens with zero attached hydrogens (tertiary/aromatic N) is 4. The molecule has 1 fully saturated rings. The van der Waals surface area contributed by atoms with Gasteiger partial charge in [-0.1, -0.05) is 0 Å². The Morgan fingerprint density at radius 3 is 2.68 bits per heavy atom. The van der Waals surface area contributed by atoms with Gasteiger partial charge in [-0.05, 0) is 32.1 Å². The van der Waals surface area contributed by atoms with E-state index in [1.807, 2.05) is 19.2 Å². The first kappa shape index (κ1) is 15.1. The lowest BCUT2D eigenvalue weighted by Crippen LogP contribution is -2.09. The average Bonchev–Trinajstić information content (AvgIpc) is 3.30. The van der Waals surface area contributed by atoms with Gasteiger partial charge in [-0.2, -0.15) is 8.78 Å². The van der Waals surface area contributed by atoms with E-state index in [9.17, 15) is 8.78 Å². The Kier molecular flexibility index (Phi) is 4.19. The van der Waals surface area contributed by atoms with Crippen molar-refractivity contribution in [2.45, 2.75) is 37.3 Å². The number of aryl methyl sites for hydroxylation is 1.